The van der Waals surface area contributed by atoms with Gasteiger partial charge in [0.1, 0.15) is 11.3 Å². The number of halogens is 1. The fraction of sp³-hybridized carbons (Fsp3) is 0.350. The molecule has 0 saturated heterocycles. The average molecular weight is 406 g/mol. The largest absolute Gasteiger partial charge is 0.497 e. The maximum absolute atomic E-state index is 12.7. The van der Waals surface area contributed by atoms with E-state index < -0.39 is 10.8 Å². The molecule has 0 aliphatic heterocycles. The van der Waals surface area contributed by atoms with E-state index in [4.69, 9.17) is 16.3 Å². The number of nitro groups is 1. The maximum atomic E-state index is 12.7. The lowest BCUT2D eigenvalue weighted by Crippen LogP contribution is -2.38. The van der Waals surface area contributed by atoms with E-state index in [0.717, 1.165) is 24.4 Å². The molecule has 2 aromatic carbocycles. The van der Waals surface area contributed by atoms with Gasteiger partial charge in [-0.25, -0.2) is 0 Å². The Kier molecular flexibility index (Phi) is 7.78. The number of carbonyl (C=O) groups is 1. The first-order chi connectivity index (χ1) is 13.4. The second kappa shape index (κ2) is 10.1. The molecule has 1 unspecified atom stereocenters. The van der Waals surface area contributed by atoms with Crippen molar-refractivity contribution in [2.45, 2.75) is 19.9 Å². The number of hydrogen-bond donors (Lipinski definition) is 1. The Morgan fingerprint density at radius 1 is 1.25 bits per heavy atom. The van der Waals surface area contributed by atoms with E-state index in [2.05, 4.69) is 10.2 Å². The Balaban J connectivity index is 2.27. The van der Waals surface area contributed by atoms with Crippen LogP contribution in [0.25, 0.3) is 0 Å². The van der Waals surface area contributed by atoms with Crippen molar-refractivity contribution in [2.24, 2.45) is 0 Å². The van der Waals surface area contributed by atoms with Crippen molar-refractivity contribution in [3.63, 3.8) is 0 Å². The number of amides is 1. The van der Waals surface area contributed by atoms with E-state index in [1.54, 1.807) is 7.11 Å². The number of likely N-dealkylation sites (N-methyl/N-ethyl adjacent to an activating group) is 1. The molecule has 1 amide bonds. The molecule has 28 heavy (non-hydrogen) atoms. The number of nitrogens with one attached hydrogen (secondary N) is 1. The van der Waals surface area contributed by atoms with Gasteiger partial charge in [-0.15, -0.1) is 0 Å². The highest BCUT2D eigenvalue weighted by Gasteiger charge is 2.23. The first kappa shape index (κ1) is 21.7. The predicted molar refractivity (Wildman–Crippen MR) is 109 cm³/mol. The van der Waals surface area contributed by atoms with Gasteiger partial charge in [-0.05, 0) is 42.9 Å². The lowest BCUT2D eigenvalue weighted by molar-refractivity contribution is -0.385. The van der Waals surface area contributed by atoms with Crippen molar-refractivity contribution >= 4 is 23.2 Å². The average Bonchev–Trinajstić information content (AvgIpc) is 2.70. The van der Waals surface area contributed by atoms with Crippen molar-refractivity contribution in [1.29, 1.82) is 0 Å². The van der Waals surface area contributed by atoms with E-state index in [1.165, 1.54) is 18.2 Å². The number of benzene rings is 2. The Labute approximate surface area is 169 Å². The van der Waals surface area contributed by atoms with Crippen LogP contribution in [0.2, 0.25) is 5.02 Å². The molecule has 0 aliphatic rings. The maximum Gasteiger partial charge on any atom is 0.282 e. The standard InChI is InChI=1S/C20H24ClN3O4/c1-4-23(5-2)19(14-7-6-8-16(11-14)28-3)13-22-20(25)17-12-15(21)9-10-18(17)24(26)27/h6-12,19H,4-5,13H2,1-3H3,(H,22,25). The van der Waals surface area contributed by atoms with Gasteiger partial charge in [-0.2, -0.15) is 0 Å². The van der Waals surface area contributed by atoms with E-state index >= 15 is 0 Å². The number of carbonyl (C=O) groups excluding carboxylic acids is 1. The summed E-state index contributed by atoms with van der Waals surface area (Å²) in [4.78, 5) is 25.5. The number of nitrogens with zero attached hydrogens (tertiary/aromatic N) is 2. The summed E-state index contributed by atoms with van der Waals surface area (Å²) < 4.78 is 5.31. The highest BCUT2D eigenvalue weighted by molar-refractivity contribution is 6.31. The van der Waals surface area contributed by atoms with Crippen LogP contribution in [0.4, 0.5) is 5.69 Å². The normalized spacial score (nSPS) is 11.9. The lowest BCUT2D eigenvalue weighted by atomic mass is 10.0. The second-order valence-corrected chi connectivity index (χ2v) is 6.58. The third-order valence-corrected chi connectivity index (χ3v) is 4.82. The van der Waals surface area contributed by atoms with Gasteiger partial charge in [0, 0.05) is 17.6 Å². The first-order valence-corrected chi connectivity index (χ1v) is 9.39. The Bertz CT molecular complexity index is 840. The molecule has 1 atom stereocenters. The number of rotatable bonds is 9. The minimum Gasteiger partial charge on any atom is -0.497 e. The molecule has 0 spiro atoms. The molecular formula is C20H24ClN3O4. The van der Waals surface area contributed by atoms with Crippen LogP contribution in [-0.4, -0.2) is 42.5 Å². The zero-order chi connectivity index (χ0) is 20.7. The molecule has 0 bridgehead atoms. The SMILES string of the molecule is CCN(CC)C(CNC(=O)c1cc(Cl)ccc1[N+](=O)[O-])c1cccc(OC)c1. The van der Waals surface area contributed by atoms with Crippen LogP contribution in [0.3, 0.4) is 0 Å². The Hall–Kier alpha value is -2.64. The summed E-state index contributed by atoms with van der Waals surface area (Å²) >= 11 is 5.93. The molecule has 8 heteroatoms. The lowest BCUT2D eigenvalue weighted by Gasteiger charge is -2.30. The van der Waals surface area contributed by atoms with Crippen molar-refractivity contribution in [2.75, 3.05) is 26.7 Å². The zero-order valence-electron chi connectivity index (χ0n) is 16.1. The molecule has 2 rings (SSSR count). The van der Waals surface area contributed by atoms with E-state index in [-0.39, 0.29) is 28.9 Å². The first-order valence-electron chi connectivity index (χ1n) is 9.01. The van der Waals surface area contributed by atoms with Crippen LogP contribution in [0.1, 0.15) is 35.8 Å². The zero-order valence-corrected chi connectivity index (χ0v) is 16.9. The van der Waals surface area contributed by atoms with Crippen molar-refractivity contribution in [3.8, 4) is 5.75 Å². The smallest absolute Gasteiger partial charge is 0.282 e. The molecule has 7 nitrogen and oxygen atoms in total. The molecule has 0 heterocycles. The number of ether oxygens (including phenoxy) is 1. The summed E-state index contributed by atoms with van der Waals surface area (Å²) in [5.41, 5.74) is 0.660. The number of methoxy groups -OCH3 is 1. The molecule has 0 saturated carbocycles. The predicted octanol–water partition coefficient (Wildman–Crippen LogP) is 4.07. The van der Waals surface area contributed by atoms with Gasteiger partial charge in [0.2, 0.25) is 0 Å². The van der Waals surface area contributed by atoms with Crippen molar-refractivity contribution in [3.05, 3.63) is 68.7 Å². The highest BCUT2D eigenvalue weighted by atomic mass is 35.5. The molecule has 2 aromatic rings. The summed E-state index contributed by atoms with van der Waals surface area (Å²) in [6, 6.07) is 11.5. The fourth-order valence-corrected chi connectivity index (χ4v) is 3.28. The Morgan fingerprint density at radius 3 is 2.57 bits per heavy atom. The van der Waals surface area contributed by atoms with Gasteiger partial charge >= 0.3 is 0 Å². The topological polar surface area (TPSA) is 84.7 Å². The fourth-order valence-electron chi connectivity index (χ4n) is 3.10. The van der Waals surface area contributed by atoms with Gasteiger partial charge in [0.05, 0.1) is 18.1 Å². The van der Waals surface area contributed by atoms with Gasteiger partial charge in [-0.3, -0.25) is 19.8 Å². The highest BCUT2D eigenvalue weighted by Crippen LogP contribution is 2.25. The van der Waals surface area contributed by atoms with E-state index in [9.17, 15) is 14.9 Å². The van der Waals surface area contributed by atoms with Crippen LogP contribution < -0.4 is 10.1 Å². The molecule has 0 aliphatic carbocycles. The van der Waals surface area contributed by atoms with E-state index in [0.29, 0.717) is 0 Å². The molecule has 1 N–H and O–H groups in total. The molecule has 150 valence electrons. The van der Waals surface area contributed by atoms with Crippen LogP contribution >= 0.6 is 11.6 Å². The van der Waals surface area contributed by atoms with E-state index in [1.807, 2.05) is 38.1 Å². The van der Waals surface area contributed by atoms with Crippen LogP contribution in [0.5, 0.6) is 5.75 Å². The number of hydrogen-bond acceptors (Lipinski definition) is 5. The monoisotopic (exact) mass is 405 g/mol. The van der Waals surface area contributed by atoms with Gasteiger partial charge in [0.15, 0.2) is 0 Å². The molecule has 0 fully saturated rings. The van der Waals surface area contributed by atoms with Gasteiger partial charge < -0.3 is 10.1 Å². The van der Waals surface area contributed by atoms with Crippen molar-refractivity contribution in [1.82, 2.24) is 10.2 Å². The summed E-state index contributed by atoms with van der Waals surface area (Å²) in [7, 11) is 1.60. The van der Waals surface area contributed by atoms with Crippen LogP contribution in [0, 0.1) is 10.1 Å². The minimum atomic E-state index is -0.588. The second-order valence-electron chi connectivity index (χ2n) is 6.14. The van der Waals surface area contributed by atoms with Gasteiger partial charge in [0.25, 0.3) is 11.6 Å². The summed E-state index contributed by atoms with van der Waals surface area (Å²) in [6.45, 7) is 5.94. The summed E-state index contributed by atoms with van der Waals surface area (Å²) in [6.07, 6.45) is 0. The minimum absolute atomic E-state index is 0.0542. The summed E-state index contributed by atoms with van der Waals surface area (Å²) in [5.74, 6) is 0.195. The van der Waals surface area contributed by atoms with Crippen LogP contribution in [-0.2, 0) is 0 Å². The quantitative estimate of drug-likeness (QED) is 0.502. The number of nitro benzene ring substituents is 1. The molecule has 0 radical (unpaired) electrons. The third kappa shape index (κ3) is 5.21. The van der Waals surface area contributed by atoms with Gasteiger partial charge in [-0.1, -0.05) is 37.6 Å². The summed E-state index contributed by atoms with van der Waals surface area (Å²) in [5, 5.41) is 14.3. The Morgan fingerprint density at radius 2 is 1.96 bits per heavy atom. The van der Waals surface area contributed by atoms with Crippen molar-refractivity contribution < 1.29 is 14.5 Å². The third-order valence-electron chi connectivity index (χ3n) is 4.59. The molecular weight excluding hydrogens is 382 g/mol. The molecule has 0 aromatic heterocycles. The van der Waals surface area contributed by atoms with Crippen LogP contribution in [0.15, 0.2) is 42.5 Å².